The Morgan fingerprint density at radius 3 is 2.50 bits per heavy atom. The lowest BCUT2D eigenvalue weighted by Crippen LogP contribution is -2.47. The second-order valence-electron chi connectivity index (χ2n) is 4.13. The highest BCUT2D eigenvalue weighted by Gasteiger charge is 2.25. The van der Waals surface area contributed by atoms with E-state index >= 15 is 0 Å². The van der Waals surface area contributed by atoms with Crippen molar-refractivity contribution in [1.29, 1.82) is 0 Å². The SMILES string of the molecule is CCC(CCl)(CCl)NCc1cncc(C)c1. The second kappa shape index (κ2) is 6.43. The number of hydrogen-bond acceptors (Lipinski definition) is 2. The van der Waals surface area contributed by atoms with Crippen LogP contribution in [-0.4, -0.2) is 22.3 Å². The molecular formula is C12H18Cl2N2. The summed E-state index contributed by atoms with van der Waals surface area (Å²) in [6, 6.07) is 2.11. The summed E-state index contributed by atoms with van der Waals surface area (Å²) < 4.78 is 0. The smallest absolute Gasteiger partial charge is 0.0453 e. The number of hydrogen-bond donors (Lipinski definition) is 1. The zero-order chi connectivity index (χ0) is 12.0. The molecule has 0 fully saturated rings. The van der Waals surface area contributed by atoms with Crippen LogP contribution in [0.5, 0.6) is 0 Å². The maximum Gasteiger partial charge on any atom is 0.0453 e. The van der Waals surface area contributed by atoms with Gasteiger partial charge in [-0.05, 0) is 24.5 Å². The zero-order valence-electron chi connectivity index (χ0n) is 9.76. The molecule has 0 aliphatic carbocycles. The summed E-state index contributed by atoms with van der Waals surface area (Å²) in [7, 11) is 0. The molecule has 1 N–H and O–H groups in total. The predicted molar refractivity (Wildman–Crippen MR) is 70.3 cm³/mol. The topological polar surface area (TPSA) is 24.9 Å². The number of nitrogens with one attached hydrogen (secondary N) is 1. The first kappa shape index (κ1) is 13.8. The molecule has 1 heterocycles. The number of aromatic nitrogens is 1. The predicted octanol–water partition coefficient (Wildman–Crippen LogP) is 3.11. The van der Waals surface area contributed by atoms with Crippen molar-refractivity contribution in [1.82, 2.24) is 10.3 Å². The normalized spacial score (nSPS) is 11.8. The molecule has 0 bridgehead atoms. The van der Waals surface area contributed by atoms with Gasteiger partial charge in [0.2, 0.25) is 0 Å². The lowest BCUT2D eigenvalue weighted by atomic mass is 10.0. The lowest BCUT2D eigenvalue weighted by Gasteiger charge is -2.29. The highest BCUT2D eigenvalue weighted by atomic mass is 35.5. The van der Waals surface area contributed by atoms with E-state index in [9.17, 15) is 0 Å². The Kier molecular flexibility index (Phi) is 5.53. The molecule has 0 saturated carbocycles. The minimum atomic E-state index is -0.174. The van der Waals surface area contributed by atoms with Crippen LogP contribution in [0.4, 0.5) is 0 Å². The van der Waals surface area contributed by atoms with Crippen LogP contribution in [-0.2, 0) is 6.54 Å². The molecule has 0 aliphatic heterocycles. The van der Waals surface area contributed by atoms with E-state index in [0.717, 1.165) is 24.1 Å². The van der Waals surface area contributed by atoms with Gasteiger partial charge in [-0.25, -0.2) is 0 Å². The third-order valence-electron chi connectivity index (χ3n) is 2.79. The molecule has 4 heteroatoms. The zero-order valence-corrected chi connectivity index (χ0v) is 11.3. The van der Waals surface area contributed by atoms with Crippen LogP contribution < -0.4 is 5.32 Å². The largest absolute Gasteiger partial charge is 0.305 e. The Bertz CT molecular complexity index is 316. The van der Waals surface area contributed by atoms with Crippen molar-refractivity contribution in [2.45, 2.75) is 32.4 Å². The van der Waals surface area contributed by atoms with Gasteiger partial charge in [0.15, 0.2) is 0 Å². The third kappa shape index (κ3) is 3.62. The Morgan fingerprint density at radius 2 is 2.00 bits per heavy atom. The molecule has 0 saturated heterocycles. The fourth-order valence-corrected chi connectivity index (χ4v) is 2.30. The number of alkyl halides is 2. The molecule has 0 aromatic carbocycles. The van der Waals surface area contributed by atoms with Crippen molar-refractivity contribution in [3.05, 3.63) is 29.6 Å². The summed E-state index contributed by atoms with van der Waals surface area (Å²) >= 11 is 11.9. The van der Waals surface area contributed by atoms with E-state index in [0.29, 0.717) is 11.8 Å². The second-order valence-corrected chi connectivity index (χ2v) is 4.66. The van der Waals surface area contributed by atoms with Gasteiger partial charge >= 0.3 is 0 Å². The number of aryl methyl sites for hydroxylation is 1. The number of pyridine rings is 1. The Labute approximate surface area is 107 Å². The van der Waals surface area contributed by atoms with Crippen molar-refractivity contribution < 1.29 is 0 Å². The van der Waals surface area contributed by atoms with Crippen LogP contribution in [0, 0.1) is 6.92 Å². The number of halogens is 2. The minimum absolute atomic E-state index is 0.174. The van der Waals surface area contributed by atoms with Gasteiger partial charge in [-0.2, -0.15) is 0 Å². The molecule has 0 aliphatic rings. The molecular weight excluding hydrogens is 243 g/mol. The van der Waals surface area contributed by atoms with Crippen molar-refractivity contribution in [2.75, 3.05) is 11.8 Å². The van der Waals surface area contributed by atoms with E-state index in [2.05, 4.69) is 23.3 Å². The van der Waals surface area contributed by atoms with E-state index in [1.807, 2.05) is 19.3 Å². The van der Waals surface area contributed by atoms with Crippen LogP contribution in [0.2, 0.25) is 0 Å². The van der Waals surface area contributed by atoms with E-state index in [1.165, 1.54) is 0 Å². The van der Waals surface area contributed by atoms with Crippen LogP contribution in [0.3, 0.4) is 0 Å². The van der Waals surface area contributed by atoms with E-state index in [4.69, 9.17) is 23.2 Å². The fourth-order valence-electron chi connectivity index (χ4n) is 1.45. The molecule has 0 unspecified atom stereocenters. The Hall–Kier alpha value is -0.310. The molecule has 2 nitrogen and oxygen atoms in total. The monoisotopic (exact) mass is 260 g/mol. The number of nitrogens with zero attached hydrogens (tertiary/aromatic N) is 1. The summed E-state index contributed by atoms with van der Waals surface area (Å²) in [6.07, 6.45) is 4.63. The van der Waals surface area contributed by atoms with Gasteiger partial charge in [0.1, 0.15) is 0 Å². The van der Waals surface area contributed by atoms with Gasteiger partial charge in [-0.1, -0.05) is 13.0 Å². The summed E-state index contributed by atoms with van der Waals surface area (Å²) in [6.45, 7) is 4.88. The number of rotatable bonds is 6. The quantitative estimate of drug-likeness (QED) is 0.796. The Morgan fingerprint density at radius 1 is 1.31 bits per heavy atom. The first-order valence-electron chi connectivity index (χ1n) is 5.43. The molecule has 0 atom stereocenters. The molecule has 0 spiro atoms. The molecule has 16 heavy (non-hydrogen) atoms. The lowest BCUT2D eigenvalue weighted by molar-refractivity contribution is 0.384. The van der Waals surface area contributed by atoms with Crippen molar-refractivity contribution >= 4 is 23.2 Å². The van der Waals surface area contributed by atoms with E-state index in [1.54, 1.807) is 0 Å². The van der Waals surface area contributed by atoms with Gasteiger partial charge in [0.25, 0.3) is 0 Å². The van der Waals surface area contributed by atoms with Crippen molar-refractivity contribution in [3.63, 3.8) is 0 Å². The van der Waals surface area contributed by atoms with Gasteiger partial charge in [0, 0.05) is 36.2 Å². The molecule has 0 amide bonds. The summed E-state index contributed by atoms with van der Waals surface area (Å²) in [5, 5.41) is 3.42. The average Bonchev–Trinajstić information content (AvgIpc) is 2.32. The van der Waals surface area contributed by atoms with Gasteiger partial charge < -0.3 is 5.32 Å². The van der Waals surface area contributed by atoms with Crippen LogP contribution >= 0.6 is 23.2 Å². The average molecular weight is 261 g/mol. The highest BCUT2D eigenvalue weighted by molar-refractivity contribution is 6.22. The van der Waals surface area contributed by atoms with Gasteiger partial charge in [-0.3, -0.25) is 4.98 Å². The summed E-state index contributed by atoms with van der Waals surface area (Å²) in [5.74, 6) is 1.04. The third-order valence-corrected chi connectivity index (χ3v) is 3.81. The molecule has 1 rings (SSSR count). The van der Waals surface area contributed by atoms with Crippen LogP contribution in [0.25, 0.3) is 0 Å². The van der Waals surface area contributed by atoms with Crippen LogP contribution in [0.1, 0.15) is 24.5 Å². The summed E-state index contributed by atoms with van der Waals surface area (Å²) in [4.78, 5) is 4.16. The maximum atomic E-state index is 5.96. The summed E-state index contributed by atoms with van der Waals surface area (Å²) in [5.41, 5.74) is 2.15. The van der Waals surface area contributed by atoms with E-state index < -0.39 is 0 Å². The first-order chi connectivity index (χ1) is 7.65. The maximum absolute atomic E-state index is 5.96. The molecule has 1 aromatic heterocycles. The molecule has 90 valence electrons. The fraction of sp³-hybridized carbons (Fsp3) is 0.583. The highest BCUT2D eigenvalue weighted by Crippen LogP contribution is 2.15. The van der Waals surface area contributed by atoms with Crippen LogP contribution in [0.15, 0.2) is 18.5 Å². The van der Waals surface area contributed by atoms with Crippen molar-refractivity contribution in [2.24, 2.45) is 0 Å². The van der Waals surface area contributed by atoms with Gasteiger partial charge in [0.05, 0.1) is 0 Å². The van der Waals surface area contributed by atoms with E-state index in [-0.39, 0.29) is 5.54 Å². The first-order valence-corrected chi connectivity index (χ1v) is 6.50. The Balaban J connectivity index is 2.62. The van der Waals surface area contributed by atoms with Gasteiger partial charge in [-0.15, -0.1) is 23.2 Å². The standard InChI is InChI=1S/C12H18Cl2N2/c1-3-12(8-13,9-14)16-7-11-4-10(2)5-15-6-11/h4-6,16H,3,7-9H2,1-2H3. The molecule has 1 aromatic rings. The minimum Gasteiger partial charge on any atom is -0.305 e. The van der Waals surface area contributed by atoms with Crippen molar-refractivity contribution in [3.8, 4) is 0 Å². The molecule has 0 radical (unpaired) electrons.